The molecule has 0 bridgehead atoms. The van der Waals surface area contributed by atoms with Gasteiger partial charge in [-0.15, -0.1) is 0 Å². The number of hydrogen-bond acceptors (Lipinski definition) is 4. The number of carbonyl (C=O) groups excluding carboxylic acids is 2. The average Bonchev–Trinajstić information content (AvgIpc) is 3.14. The van der Waals surface area contributed by atoms with Gasteiger partial charge >= 0.3 is 0 Å². The van der Waals surface area contributed by atoms with Crippen molar-refractivity contribution >= 4 is 11.8 Å². The van der Waals surface area contributed by atoms with Gasteiger partial charge in [0, 0.05) is 26.3 Å². The zero-order chi connectivity index (χ0) is 15.3. The molecular weight excluding hydrogens is 272 g/mol. The van der Waals surface area contributed by atoms with Crippen LogP contribution in [0.5, 0.6) is 0 Å². The zero-order valence-corrected chi connectivity index (χ0v) is 12.9. The van der Waals surface area contributed by atoms with E-state index in [9.17, 15) is 9.59 Å². The summed E-state index contributed by atoms with van der Waals surface area (Å²) in [4.78, 5) is 23.9. The Hall–Kier alpha value is -1.14. The quantitative estimate of drug-likeness (QED) is 0.740. The van der Waals surface area contributed by atoms with Gasteiger partial charge in [0.15, 0.2) is 0 Å². The number of ether oxygens (including phenoxy) is 2. The summed E-state index contributed by atoms with van der Waals surface area (Å²) in [6.45, 7) is 7.53. The summed E-state index contributed by atoms with van der Waals surface area (Å²) in [5, 5.41) is 5.93. The predicted molar refractivity (Wildman–Crippen MR) is 77.7 cm³/mol. The van der Waals surface area contributed by atoms with Crippen LogP contribution in [-0.4, -0.2) is 51.3 Å². The SMILES string of the molecule is CC(C)(CNC(=O)C1CCOC1)CNC(=O)C1CCOC1. The number of carbonyl (C=O) groups is 2. The van der Waals surface area contributed by atoms with Gasteiger partial charge in [-0.3, -0.25) is 9.59 Å². The Balaban J connectivity index is 1.68. The lowest BCUT2D eigenvalue weighted by molar-refractivity contribution is -0.125. The first-order valence-corrected chi connectivity index (χ1v) is 7.69. The Labute approximate surface area is 125 Å². The molecule has 0 aliphatic carbocycles. The van der Waals surface area contributed by atoms with Crippen LogP contribution in [0.3, 0.4) is 0 Å². The molecule has 2 aliphatic rings. The maximum atomic E-state index is 11.9. The van der Waals surface area contributed by atoms with E-state index in [4.69, 9.17) is 9.47 Å². The molecular formula is C15H26N2O4. The highest BCUT2D eigenvalue weighted by Crippen LogP contribution is 2.17. The molecule has 0 spiro atoms. The van der Waals surface area contributed by atoms with E-state index in [2.05, 4.69) is 10.6 Å². The van der Waals surface area contributed by atoms with E-state index in [0.29, 0.717) is 39.5 Å². The third-order valence-corrected chi connectivity index (χ3v) is 4.08. The number of hydrogen-bond donors (Lipinski definition) is 2. The van der Waals surface area contributed by atoms with Crippen molar-refractivity contribution in [3.05, 3.63) is 0 Å². The second-order valence-electron chi connectivity index (χ2n) is 6.72. The fourth-order valence-electron chi connectivity index (χ4n) is 2.49. The van der Waals surface area contributed by atoms with Crippen molar-refractivity contribution in [2.24, 2.45) is 17.3 Å². The predicted octanol–water partition coefficient (Wildman–Crippen LogP) is 0.318. The van der Waals surface area contributed by atoms with Crippen molar-refractivity contribution in [3.63, 3.8) is 0 Å². The summed E-state index contributed by atoms with van der Waals surface area (Å²) >= 11 is 0. The van der Waals surface area contributed by atoms with Gasteiger partial charge in [-0.25, -0.2) is 0 Å². The summed E-state index contributed by atoms with van der Waals surface area (Å²) in [6.07, 6.45) is 1.59. The number of rotatable bonds is 6. The van der Waals surface area contributed by atoms with Crippen molar-refractivity contribution in [3.8, 4) is 0 Å². The lowest BCUT2D eigenvalue weighted by atomic mass is 9.92. The normalized spacial score (nSPS) is 25.8. The van der Waals surface area contributed by atoms with E-state index in [1.54, 1.807) is 0 Å². The summed E-state index contributed by atoms with van der Waals surface area (Å²) in [5.41, 5.74) is -0.176. The van der Waals surface area contributed by atoms with Gasteiger partial charge in [0.25, 0.3) is 0 Å². The van der Waals surface area contributed by atoms with Crippen LogP contribution in [0, 0.1) is 17.3 Å². The fraction of sp³-hybridized carbons (Fsp3) is 0.867. The highest BCUT2D eigenvalue weighted by Gasteiger charge is 2.28. The van der Waals surface area contributed by atoms with Gasteiger partial charge in [0.2, 0.25) is 11.8 Å². The zero-order valence-electron chi connectivity index (χ0n) is 12.9. The third-order valence-electron chi connectivity index (χ3n) is 4.08. The first-order chi connectivity index (χ1) is 9.98. The highest BCUT2D eigenvalue weighted by molar-refractivity contribution is 5.79. The van der Waals surface area contributed by atoms with Gasteiger partial charge in [0.1, 0.15) is 0 Å². The molecule has 0 aromatic carbocycles. The molecule has 0 radical (unpaired) electrons. The average molecular weight is 298 g/mol. The van der Waals surface area contributed by atoms with E-state index in [-0.39, 0.29) is 29.1 Å². The molecule has 21 heavy (non-hydrogen) atoms. The maximum Gasteiger partial charge on any atom is 0.225 e. The monoisotopic (exact) mass is 298 g/mol. The molecule has 6 nitrogen and oxygen atoms in total. The van der Waals surface area contributed by atoms with E-state index in [1.807, 2.05) is 13.8 Å². The topological polar surface area (TPSA) is 76.7 Å². The first kappa shape index (κ1) is 16.2. The van der Waals surface area contributed by atoms with Crippen molar-refractivity contribution in [1.82, 2.24) is 10.6 Å². The Bertz CT molecular complexity index is 338. The molecule has 6 heteroatoms. The van der Waals surface area contributed by atoms with E-state index in [1.165, 1.54) is 0 Å². The summed E-state index contributed by atoms with van der Waals surface area (Å²) in [5.74, 6) is 0.0595. The van der Waals surface area contributed by atoms with Gasteiger partial charge in [-0.05, 0) is 18.3 Å². The first-order valence-electron chi connectivity index (χ1n) is 7.69. The van der Waals surface area contributed by atoms with Crippen LogP contribution in [0.15, 0.2) is 0 Å². The second-order valence-corrected chi connectivity index (χ2v) is 6.72. The molecule has 0 aromatic heterocycles. The lowest BCUT2D eigenvalue weighted by Crippen LogP contribution is -2.44. The molecule has 2 aliphatic heterocycles. The second kappa shape index (κ2) is 7.22. The van der Waals surface area contributed by atoms with E-state index in [0.717, 1.165) is 12.8 Å². The molecule has 2 N–H and O–H groups in total. The molecule has 2 rings (SSSR count). The van der Waals surface area contributed by atoms with Crippen LogP contribution in [0.1, 0.15) is 26.7 Å². The van der Waals surface area contributed by atoms with Crippen LogP contribution in [0.25, 0.3) is 0 Å². The Morgan fingerprint density at radius 3 is 1.71 bits per heavy atom. The molecule has 2 unspecified atom stereocenters. The van der Waals surface area contributed by atoms with Crippen molar-refractivity contribution in [2.75, 3.05) is 39.5 Å². The van der Waals surface area contributed by atoms with Gasteiger partial charge in [0.05, 0.1) is 25.0 Å². The summed E-state index contributed by atoms with van der Waals surface area (Å²) in [7, 11) is 0. The molecule has 2 fully saturated rings. The van der Waals surface area contributed by atoms with Crippen LogP contribution in [0.4, 0.5) is 0 Å². The Morgan fingerprint density at radius 1 is 0.952 bits per heavy atom. The van der Waals surface area contributed by atoms with Crippen LogP contribution in [0.2, 0.25) is 0 Å². The smallest absolute Gasteiger partial charge is 0.225 e. The third kappa shape index (κ3) is 4.97. The number of amides is 2. The van der Waals surface area contributed by atoms with E-state index >= 15 is 0 Å². The molecule has 120 valence electrons. The highest BCUT2D eigenvalue weighted by atomic mass is 16.5. The van der Waals surface area contributed by atoms with Crippen molar-refractivity contribution < 1.29 is 19.1 Å². The lowest BCUT2D eigenvalue weighted by Gasteiger charge is -2.26. The van der Waals surface area contributed by atoms with E-state index < -0.39 is 0 Å². The molecule has 0 aromatic rings. The Morgan fingerprint density at radius 2 is 1.38 bits per heavy atom. The molecule has 0 saturated carbocycles. The minimum absolute atomic E-state index is 0.0222. The largest absolute Gasteiger partial charge is 0.381 e. The van der Waals surface area contributed by atoms with Gasteiger partial charge in [-0.1, -0.05) is 13.8 Å². The number of nitrogens with one attached hydrogen (secondary N) is 2. The van der Waals surface area contributed by atoms with Gasteiger partial charge in [-0.2, -0.15) is 0 Å². The molecule has 2 saturated heterocycles. The minimum Gasteiger partial charge on any atom is -0.381 e. The fourth-order valence-corrected chi connectivity index (χ4v) is 2.49. The van der Waals surface area contributed by atoms with Gasteiger partial charge < -0.3 is 20.1 Å². The van der Waals surface area contributed by atoms with Crippen molar-refractivity contribution in [2.45, 2.75) is 26.7 Å². The standard InChI is InChI=1S/C15H26N2O4/c1-15(2,9-16-13(18)11-3-5-20-7-11)10-17-14(19)12-4-6-21-8-12/h11-12H,3-10H2,1-2H3,(H,16,18)(H,17,19). The Kier molecular flexibility index (Phi) is 5.58. The van der Waals surface area contributed by atoms with Crippen LogP contribution in [-0.2, 0) is 19.1 Å². The molecule has 2 atom stereocenters. The van der Waals surface area contributed by atoms with Crippen molar-refractivity contribution in [1.29, 1.82) is 0 Å². The van der Waals surface area contributed by atoms with Crippen LogP contribution >= 0.6 is 0 Å². The molecule has 2 heterocycles. The summed E-state index contributed by atoms with van der Waals surface area (Å²) in [6, 6.07) is 0. The summed E-state index contributed by atoms with van der Waals surface area (Å²) < 4.78 is 10.4. The van der Waals surface area contributed by atoms with Crippen LogP contribution < -0.4 is 10.6 Å². The minimum atomic E-state index is -0.176. The maximum absolute atomic E-state index is 11.9. The molecule has 2 amide bonds.